The van der Waals surface area contributed by atoms with Gasteiger partial charge in [-0.15, -0.1) is 17.7 Å². The normalized spacial score (nSPS) is 13.4. The van der Waals surface area contributed by atoms with Crippen LogP contribution in [-0.4, -0.2) is 19.6 Å². The Morgan fingerprint density at radius 3 is 2.25 bits per heavy atom. The summed E-state index contributed by atoms with van der Waals surface area (Å²) in [6.07, 6.45) is 1.72. The number of furan rings is 1. The Labute approximate surface area is 347 Å². The van der Waals surface area contributed by atoms with E-state index in [0.717, 1.165) is 44.1 Å². The number of hydrogen-bond acceptors (Lipinski definition) is 4. The van der Waals surface area contributed by atoms with Gasteiger partial charge in [0, 0.05) is 52.1 Å². The molecule has 272 valence electrons. The van der Waals surface area contributed by atoms with Crippen LogP contribution in [0.15, 0.2) is 168 Å². The number of rotatable bonds is 6. The van der Waals surface area contributed by atoms with Crippen molar-refractivity contribution in [2.45, 2.75) is 13.7 Å². The van der Waals surface area contributed by atoms with E-state index in [1.807, 2.05) is 108 Å². The zero-order valence-corrected chi connectivity index (χ0v) is 31.9. The Morgan fingerprint density at radius 1 is 0.643 bits per heavy atom. The van der Waals surface area contributed by atoms with E-state index in [1.54, 1.807) is 54.7 Å². The Balaban J connectivity index is 0.00000490. The summed E-state index contributed by atoms with van der Waals surface area (Å²) in [7, 11) is 0. The number of phenols is 1. The first-order valence-corrected chi connectivity index (χ1v) is 17.9. The molecule has 1 N–H and O–H groups in total. The minimum atomic E-state index is -2.34. The molecule has 0 aliphatic carbocycles. The van der Waals surface area contributed by atoms with Crippen molar-refractivity contribution in [1.29, 1.82) is 0 Å². The molecule has 0 fully saturated rings. The molecule has 0 amide bonds. The van der Waals surface area contributed by atoms with Gasteiger partial charge in [-0.1, -0.05) is 131 Å². The average molecular weight is 910 g/mol. The second-order valence-electron chi connectivity index (χ2n) is 13.5. The summed E-state index contributed by atoms with van der Waals surface area (Å²) < 4.78 is 56.7. The van der Waals surface area contributed by atoms with E-state index in [4.69, 9.17) is 22.6 Å². The topological polar surface area (TPSA) is 64.1 Å². The molecule has 0 aliphatic heterocycles. The summed E-state index contributed by atoms with van der Waals surface area (Å²) in [4.78, 5) is 10.1. The van der Waals surface area contributed by atoms with Crippen molar-refractivity contribution in [3.8, 4) is 67.5 Å². The van der Waals surface area contributed by atoms with Crippen LogP contribution in [0.5, 0.6) is 5.75 Å². The molecule has 5 nitrogen and oxygen atoms in total. The summed E-state index contributed by atoms with van der Waals surface area (Å²) in [6.45, 7) is -4.55. The second kappa shape index (κ2) is 14.3. The fraction of sp³-hybridized carbons (Fsp3) is 0.0400. The van der Waals surface area contributed by atoms with Crippen molar-refractivity contribution in [2.24, 2.45) is 0 Å². The van der Waals surface area contributed by atoms with Gasteiger partial charge in [-0.2, -0.15) is 0 Å². The third kappa shape index (κ3) is 6.02. The smallest absolute Gasteiger partial charge is 0.148 e. The first-order valence-electron chi connectivity index (χ1n) is 20.9. The van der Waals surface area contributed by atoms with Crippen molar-refractivity contribution in [1.82, 2.24) is 14.5 Å². The van der Waals surface area contributed by atoms with E-state index in [0.29, 0.717) is 50.6 Å². The standard InChI is InChI=1S/C50H34N3O2.Pt/c1-31-19-22-33(23-20-31)35-25-26-51-43(30-35)42-29-36(28-41-38-13-7-9-18-47(38)55-49(41)42)37-15-10-16-45-48(37)52-50(39-14-6-8-17-46(39)54)53(45)44-24-21-32(2)27-40(44)34-11-4-3-5-12-34;/h3-28,30,54H,1-2H3;/q-1;/i1D3,2D3;. The predicted octanol–water partition coefficient (Wildman–Crippen LogP) is 12.8. The van der Waals surface area contributed by atoms with E-state index in [-0.39, 0.29) is 37.9 Å². The molecule has 0 saturated carbocycles. The van der Waals surface area contributed by atoms with Gasteiger partial charge in [0.05, 0.1) is 27.9 Å². The number of aromatic hydroxyl groups is 1. The first-order chi connectivity index (χ1) is 29.4. The summed E-state index contributed by atoms with van der Waals surface area (Å²) >= 11 is 0. The molecule has 10 aromatic rings. The number of benzene rings is 7. The molecule has 0 bridgehead atoms. The SMILES string of the molecule is [2H]C([2H])([2H])c1ccc(-c2ccnc(-c3[c-]c(-c4cccc5c4nc(-c4ccccc4O)n5-c4ccc(C([2H])([2H])[2H])cc4-c4ccccc4)cc4c3oc3ccccc34)c2)cc1.[Pt]. The number of nitrogens with zero attached hydrogens (tertiary/aromatic N) is 3. The van der Waals surface area contributed by atoms with Gasteiger partial charge in [0.25, 0.3) is 0 Å². The monoisotopic (exact) mass is 909 g/mol. The van der Waals surface area contributed by atoms with Crippen molar-refractivity contribution >= 4 is 33.0 Å². The van der Waals surface area contributed by atoms with Crippen LogP contribution in [0.3, 0.4) is 0 Å². The van der Waals surface area contributed by atoms with Gasteiger partial charge in [0.1, 0.15) is 17.2 Å². The summed E-state index contributed by atoms with van der Waals surface area (Å²) in [6, 6.07) is 52.0. The van der Waals surface area contributed by atoms with Gasteiger partial charge in [-0.05, 0) is 78.2 Å². The fourth-order valence-electron chi connectivity index (χ4n) is 7.49. The molecule has 0 atom stereocenters. The second-order valence-corrected chi connectivity index (χ2v) is 13.5. The zero-order chi connectivity index (χ0) is 42.0. The number of hydrogen-bond donors (Lipinski definition) is 1. The quantitative estimate of drug-likeness (QED) is 0.169. The van der Waals surface area contributed by atoms with Crippen LogP contribution >= 0.6 is 0 Å². The molecule has 7 aromatic carbocycles. The molecule has 6 heteroatoms. The van der Waals surface area contributed by atoms with E-state index >= 15 is 0 Å². The number of aromatic nitrogens is 3. The van der Waals surface area contributed by atoms with Crippen LogP contribution in [-0.2, 0) is 21.1 Å². The maximum atomic E-state index is 11.3. The molecule has 0 unspecified atom stereocenters. The molecule has 10 rings (SSSR count). The van der Waals surface area contributed by atoms with Crippen LogP contribution in [0.25, 0.3) is 94.7 Å². The van der Waals surface area contributed by atoms with Crippen LogP contribution in [0.4, 0.5) is 0 Å². The summed E-state index contributed by atoms with van der Waals surface area (Å²) in [5, 5.41) is 13.1. The van der Waals surface area contributed by atoms with Gasteiger partial charge in [-0.25, -0.2) is 4.98 Å². The third-order valence-corrected chi connectivity index (χ3v) is 10.1. The summed E-state index contributed by atoms with van der Waals surface area (Å²) in [5.41, 5.74) is 10.3. The fourth-order valence-corrected chi connectivity index (χ4v) is 7.49. The van der Waals surface area contributed by atoms with E-state index in [1.165, 1.54) is 0 Å². The van der Waals surface area contributed by atoms with Crippen LogP contribution in [0, 0.1) is 19.8 Å². The average Bonchev–Trinajstić information content (AvgIpc) is 3.85. The first kappa shape index (κ1) is 28.8. The van der Waals surface area contributed by atoms with Gasteiger partial charge in [0.2, 0.25) is 0 Å². The molecule has 0 aliphatic rings. The van der Waals surface area contributed by atoms with Crippen molar-refractivity contribution in [3.05, 3.63) is 181 Å². The molecule has 0 spiro atoms. The Hall–Kier alpha value is -6.55. The summed E-state index contributed by atoms with van der Waals surface area (Å²) in [5.74, 6) is 0.508. The molecule has 56 heavy (non-hydrogen) atoms. The van der Waals surface area contributed by atoms with Crippen molar-refractivity contribution in [2.75, 3.05) is 0 Å². The van der Waals surface area contributed by atoms with Crippen LogP contribution in [0.1, 0.15) is 19.4 Å². The van der Waals surface area contributed by atoms with Gasteiger partial charge in [-0.3, -0.25) is 9.55 Å². The van der Waals surface area contributed by atoms with Gasteiger partial charge < -0.3 is 9.52 Å². The molecular formula is C50H34N3O2Pt-. The molecule has 3 heterocycles. The number of pyridine rings is 1. The molecule has 0 saturated heterocycles. The van der Waals surface area contributed by atoms with Crippen LogP contribution in [0.2, 0.25) is 0 Å². The van der Waals surface area contributed by atoms with Crippen molar-refractivity contribution < 1.29 is 38.8 Å². The number of para-hydroxylation sites is 3. The maximum absolute atomic E-state index is 11.3. The predicted molar refractivity (Wildman–Crippen MR) is 223 cm³/mol. The Kier molecular flexibility index (Phi) is 7.34. The van der Waals surface area contributed by atoms with Gasteiger partial charge in [0.15, 0.2) is 0 Å². The minimum absolute atomic E-state index is 0. The Bertz CT molecular complexity index is 3300. The minimum Gasteiger partial charge on any atom is -0.507 e. The van der Waals surface area contributed by atoms with Crippen molar-refractivity contribution in [3.63, 3.8) is 0 Å². The zero-order valence-electron chi connectivity index (χ0n) is 35.6. The molecular weight excluding hydrogens is 870 g/mol. The number of phenolic OH excluding ortho intramolecular Hbond substituents is 1. The maximum Gasteiger partial charge on any atom is 0.148 e. The number of fused-ring (bicyclic) bond motifs is 4. The van der Waals surface area contributed by atoms with E-state index in [9.17, 15) is 5.11 Å². The number of imidazole rings is 1. The van der Waals surface area contributed by atoms with E-state index < -0.39 is 13.7 Å². The third-order valence-electron chi connectivity index (χ3n) is 10.1. The van der Waals surface area contributed by atoms with Gasteiger partial charge >= 0.3 is 0 Å². The largest absolute Gasteiger partial charge is 0.507 e. The number of aryl methyl sites for hydroxylation is 2. The molecule has 3 aromatic heterocycles. The van der Waals surface area contributed by atoms with E-state index in [2.05, 4.69) is 12.1 Å². The Morgan fingerprint density at radius 2 is 1.41 bits per heavy atom. The molecule has 0 radical (unpaired) electrons. The van der Waals surface area contributed by atoms with Crippen LogP contribution < -0.4 is 0 Å².